The molecule has 1 saturated heterocycles. The fourth-order valence-corrected chi connectivity index (χ4v) is 3.99. The molecule has 0 saturated carbocycles. The molecule has 2 aromatic rings. The second kappa shape index (κ2) is 9.89. The highest BCUT2D eigenvalue weighted by atomic mass is 19.1. The number of benzene rings is 2. The molecule has 1 aliphatic rings. The summed E-state index contributed by atoms with van der Waals surface area (Å²) in [4.78, 5) is 13.5. The lowest BCUT2D eigenvalue weighted by Gasteiger charge is -2.38. The summed E-state index contributed by atoms with van der Waals surface area (Å²) in [5, 5.41) is 9.49. The maximum absolute atomic E-state index is 14.8. The number of likely N-dealkylation sites (tertiary alicyclic amines) is 1. The van der Waals surface area contributed by atoms with E-state index >= 15 is 0 Å². The molecule has 3 rings (SSSR count). The van der Waals surface area contributed by atoms with Crippen LogP contribution in [0.4, 0.5) is 8.78 Å². The van der Waals surface area contributed by atoms with Crippen LogP contribution in [-0.4, -0.2) is 42.3 Å². The Morgan fingerprint density at radius 3 is 2.53 bits per heavy atom. The van der Waals surface area contributed by atoms with E-state index in [9.17, 15) is 18.7 Å². The molecule has 0 spiro atoms. The molecule has 2 aromatic carbocycles. The number of carboxylic acids is 1. The van der Waals surface area contributed by atoms with Gasteiger partial charge in [-0.25, -0.2) is 8.78 Å². The molecule has 2 atom stereocenters. The molecule has 0 radical (unpaired) electrons. The van der Waals surface area contributed by atoms with E-state index in [0.29, 0.717) is 49.7 Å². The molecule has 0 aromatic heterocycles. The normalized spacial score (nSPS) is 18.1. The summed E-state index contributed by atoms with van der Waals surface area (Å²) in [5.74, 6) is -1.58. The molecule has 5 nitrogen and oxygen atoms in total. The number of piperidine rings is 1. The minimum atomic E-state index is -0.861. The lowest BCUT2D eigenvalue weighted by Crippen LogP contribution is -2.41. The third-order valence-electron chi connectivity index (χ3n) is 5.31. The Labute approximate surface area is 175 Å². The van der Waals surface area contributed by atoms with Crippen LogP contribution in [0, 0.1) is 17.6 Å². The average molecular weight is 419 g/mol. The summed E-state index contributed by atoms with van der Waals surface area (Å²) >= 11 is 0. The second-order valence-electron chi connectivity index (χ2n) is 7.31. The fraction of sp³-hybridized carbons (Fsp3) is 0.435. The number of carbonyl (C=O) groups is 1. The zero-order valence-electron chi connectivity index (χ0n) is 17.2. The van der Waals surface area contributed by atoms with Crippen molar-refractivity contribution in [3.8, 4) is 11.5 Å². The average Bonchev–Trinajstić information content (AvgIpc) is 2.72. The quantitative estimate of drug-likeness (QED) is 0.675. The predicted molar refractivity (Wildman–Crippen MR) is 109 cm³/mol. The Bertz CT molecular complexity index is 890. The summed E-state index contributed by atoms with van der Waals surface area (Å²) in [5.41, 5.74) is 1.03. The van der Waals surface area contributed by atoms with E-state index in [0.717, 1.165) is 11.6 Å². The predicted octanol–water partition coefficient (Wildman–Crippen LogP) is 4.65. The zero-order valence-corrected chi connectivity index (χ0v) is 17.2. The smallest absolute Gasteiger partial charge is 0.307 e. The first kappa shape index (κ1) is 22.0. The Balaban J connectivity index is 2.07. The van der Waals surface area contributed by atoms with E-state index in [-0.39, 0.29) is 6.54 Å². The van der Waals surface area contributed by atoms with Gasteiger partial charge in [-0.05, 0) is 57.0 Å². The first-order valence-corrected chi connectivity index (χ1v) is 10.3. The molecular formula is C23H27F2NO4. The van der Waals surface area contributed by atoms with E-state index < -0.39 is 29.6 Å². The minimum Gasteiger partial charge on any atom is -0.490 e. The van der Waals surface area contributed by atoms with Crippen molar-refractivity contribution in [2.75, 3.05) is 26.3 Å². The SMILES string of the molecule is CCOc1ccc(C(c2ccc(F)cc2F)N2CCCC(C(=O)O)C2)cc1OCC. The number of carboxylic acid groups (broad SMARTS) is 1. The zero-order chi connectivity index (χ0) is 21.7. The highest BCUT2D eigenvalue weighted by molar-refractivity contribution is 5.70. The molecule has 0 aliphatic carbocycles. The van der Waals surface area contributed by atoms with Crippen LogP contribution in [0.1, 0.15) is 43.9 Å². The molecule has 2 unspecified atom stereocenters. The number of ether oxygens (including phenoxy) is 2. The summed E-state index contributed by atoms with van der Waals surface area (Å²) < 4.78 is 39.7. The topological polar surface area (TPSA) is 59.0 Å². The van der Waals surface area contributed by atoms with Gasteiger partial charge in [0.2, 0.25) is 0 Å². The van der Waals surface area contributed by atoms with E-state index in [1.807, 2.05) is 24.8 Å². The largest absolute Gasteiger partial charge is 0.490 e. The Hall–Kier alpha value is -2.67. The summed E-state index contributed by atoms with van der Waals surface area (Å²) in [7, 11) is 0. The van der Waals surface area contributed by atoms with Crippen molar-refractivity contribution in [2.45, 2.75) is 32.7 Å². The third kappa shape index (κ3) is 4.90. The number of nitrogens with zero attached hydrogens (tertiary/aromatic N) is 1. The minimum absolute atomic E-state index is 0.286. The van der Waals surface area contributed by atoms with Gasteiger partial charge < -0.3 is 14.6 Å². The van der Waals surface area contributed by atoms with Gasteiger partial charge >= 0.3 is 5.97 Å². The van der Waals surface area contributed by atoms with Gasteiger partial charge in [0.25, 0.3) is 0 Å². The van der Waals surface area contributed by atoms with E-state index in [1.165, 1.54) is 12.1 Å². The van der Waals surface area contributed by atoms with Gasteiger partial charge in [0.05, 0.1) is 25.2 Å². The standard InChI is InChI=1S/C23H27F2NO4/c1-3-29-20-10-7-15(12-21(20)30-4-2)22(18-9-8-17(24)13-19(18)25)26-11-5-6-16(14-26)23(27)28/h7-10,12-13,16,22H,3-6,11,14H2,1-2H3,(H,27,28). The fourth-order valence-electron chi connectivity index (χ4n) is 3.99. The number of hydrogen-bond acceptors (Lipinski definition) is 4. The van der Waals surface area contributed by atoms with Gasteiger partial charge in [-0.1, -0.05) is 12.1 Å². The highest BCUT2D eigenvalue weighted by Crippen LogP contribution is 2.38. The molecule has 162 valence electrons. The number of aliphatic carboxylic acids is 1. The summed E-state index contributed by atoms with van der Waals surface area (Å²) in [6.45, 7) is 5.55. The summed E-state index contributed by atoms with van der Waals surface area (Å²) in [6, 6.07) is 8.34. The van der Waals surface area contributed by atoms with E-state index in [2.05, 4.69) is 0 Å². The van der Waals surface area contributed by atoms with E-state index in [4.69, 9.17) is 9.47 Å². The Kier molecular flexibility index (Phi) is 7.26. The first-order valence-electron chi connectivity index (χ1n) is 10.3. The number of halogens is 2. The van der Waals surface area contributed by atoms with Crippen molar-refractivity contribution in [1.82, 2.24) is 4.90 Å². The monoisotopic (exact) mass is 419 g/mol. The molecule has 1 heterocycles. The van der Waals surface area contributed by atoms with Crippen molar-refractivity contribution in [3.05, 3.63) is 59.2 Å². The van der Waals surface area contributed by atoms with Crippen molar-refractivity contribution >= 4 is 5.97 Å². The van der Waals surface area contributed by atoms with Gasteiger partial charge in [-0.3, -0.25) is 9.69 Å². The molecule has 1 N–H and O–H groups in total. The highest BCUT2D eigenvalue weighted by Gasteiger charge is 2.33. The summed E-state index contributed by atoms with van der Waals surface area (Å²) in [6.07, 6.45) is 1.27. The Morgan fingerprint density at radius 1 is 1.13 bits per heavy atom. The number of rotatable bonds is 8. The molecule has 0 amide bonds. The molecule has 30 heavy (non-hydrogen) atoms. The van der Waals surface area contributed by atoms with Crippen LogP contribution < -0.4 is 9.47 Å². The van der Waals surface area contributed by atoms with Crippen LogP contribution >= 0.6 is 0 Å². The third-order valence-corrected chi connectivity index (χ3v) is 5.31. The maximum atomic E-state index is 14.8. The molecule has 1 fully saturated rings. The van der Waals surface area contributed by atoms with Gasteiger partial charge in [0, 0.05) is 18.2 Å². The van der Waals surface area contributed by atoms with Gasteiger partial charge in [0.15, 0.2) is 11.5 Å². The van der Waals surface area contributed by atoms with Crippen molar-refractivity contribution < 1.29 is 28.2 Å². The van der Waals surface area contributed by atoms with Gasteiger partial charge in [-0.2, -0.15) is 0 Å². The van der Waals surface area contributed by atoms with Crippen LogP contribution in [0.15, 0.2) is 36.4 Å². The van der Waals surface area contributed by atoms with Crippen LogP contribution in [0.3, 0.4) is 0 Å². The lowest BCUT2D eigenvalue weighted by molar-refractivity contribution is -0.143. The van der Waals surface area contributed by atoms with Crippen molar-refractivity contribution in [3.63, 3.8) is 0 Å². The molecular weight excluding hydrogens is 392 g/mol. The van der Waals surface area contributed by atoms with Crippen LogP contribution in [0.25, 0.3) is 0 Å². The van der Waals surface area contributed by atoms with Crippen LogP contribution in [-0.2, 0) is 4.79 Å². The molecule has 7 heteroatoms. The lowest BCUT2D eigenvalue weighted by atomic mass is 9.91. The van der Waals surface area contributed by atoms with E-state index in [1.54, 1.807) is 12.1 Å². The maximum Gasteiger partial charge on any atom is 0.307 e. The number of hydrogen-bond donors (Lipinski definition) is 1. The van der Waals surface area contributed by atoms with Crippen LogP contribution in [0.5, 0.6) is 11.5 Å². The molecule has 1 aliphatic heterocycles. The van der Waals surface area contributed by atoms with Crippen molar-refractivity contribution in [1.29, 1.82) is 0 Å². The van der Waals surface area contributed by atoms with Crippen LogP contribution in [0.2, 0.25) is 0 Å². The Morgan fingerprint density at radius 2 is 1.87 bits per heavy atom. The van der Waals surface area contributed by atoms with Crippen molar-refractivity contribution in [2.24, 2.45) is 5.92 Å². The first-order chi connectivity index (χ1) is 14.4. The van der Waals surface area contributed by atoms with Gasteiger partial charge in [0.1, 0.15) is 11.6 Å². The van der Waals surface area contributed by atoms with Gasteiger partial charge in [-0.15, -0.1) is 0 Å². The second-order valence-corrected chi connectivity index (χ2v) is 7.31. The molecule has 0 bridgehead atoms.